The summed E-state index contributed by atoms with van der Waals surface area (Å²) in [7, 11) is 0. The van der Waals surface area contributed by atoms with Crippen molar-refractivity contribution in [3.63, 3.8) is 0 Å². The van der Waals surface area contributed by atoms with Crippen LogP contribution in [0.5, 0.6) is 0 Å². The van der Waals surface area contributed by atoms with Crippen LogP contribution >= 0.6 is 0 Å². The van der Waals surface area contributed by atoms with Crippen molar-refractivity contribution in [2.75, 3.05) is 32.8 Å². The summed E-state index contributed by atoms with van der Waals surface area (Å²) in [6, 6.07) is 0. The highest BCUT2D eigenvalue weighted by Crippen LogP contribution is 2.67. The molecule has 0 aromatic rings. The van der Waals surface area contributed by atoms with E-state index in [4.69, 9.17) is 14.2 Å². The fourth-order valence-corrected chi connectivity index (χ4v) is 13.4. The highest BCUT2D eigenvalue weighted by atomic mass is 16.6. The van der Waals surface area contributed by atoms with E-state index in [2.05, 4.69) is 76.8 Å². The molecular formula is C57H97NO5. The van der Waals surface area contributed by atoms with Crippen molar-refractivity contribution in [1.82, 2.24) is 4.90 Å². The summed E-state index contributed by atoms with van der Waals surface area (Å²) < 4.78 is 18.2. The van der Waals surface area contributed by atoms with Crippen LogP contribution in [0.2, 0.25) is 0 Å². The Bertz CT molecular complexity index is 1410. The molecule has 360 valence electrons. The Balaban J connectivity index is 0.971. The number of allylic oxidation sites excluding steroid dienone is 5. The average Bonchev–Trinajstić information content (AvgIpc) is 3.63. The van der Waals surface area contributed by atoms with E-state index in [1.807, 2.05) is 0 Å². The van der Waals surface area contributed by atoms with Gasteiger partial charge in [0, 0.05) is 19.6 Å². The molecule has 1 aliphatic heterocycles. The zero-order valence-corrected chi connectivity index (χ0v) is 41.8. The topological polar surface area (TPSA) is 65.1 Å². The highest BCUT2D eigenvalue weighted by Gasteiger charge is 2.59. The normalized spacial score (nSPS) is 29.6. The maximum Gasteiger partial charge on any atom is 0.306 e. The van der Waals surface area contributed by atoms with Crippen LogP contribution in [0.1, 0.15) is 221 Å². The number of likely N-dealkylation sites (tertiary alicyclic amines) is 1. The molecule has 9 atom stereocenters. The summed E-state index contributed by atoms with van der Waals surface area (Å²) in [5, 5.41) is 0. The van der Waals surface area contributed by atoms with Gasteiger partial charge in [-0.05, 0) is 156 Å². The quantitative estimate of drug-likeness (QED) is 0.0424. The zero-order chi connectivity index (χ0) is 44.9. The Morgan fingerprint density at radius 3 is 2.24 bits per heavy atom. The van der Waals surface area contributed by atoms with E-state index in [9.17, 15) is 9.59 Å². The van der Waals surface area contributed by atoms with Crippen LogP contribution in [-0.2, 0) is 23.8 Å². The van der Waals surface area contributed by atoms with Crippen molar-refractivity contribution < 1.29 is 23.8 Å². The third-order valence-corrected chi connectivity index (χ3v) is 17.1. The molecule has 63 heavy (non-hydrogen) atoms. The molecular weight excluding hydrogens is 779 g/mol. The summed E-state index contributed by atoms with van der Waals surface area (Å²) in [6.45, 7) is 18.7. The fraction of sp³-hybridized carbons (Fsp3) is 0.860. The number of rotatable bonds is 29. The standard InChI is InChI=1S/C57H97NO5/c1-7-8-9-10-11-12-13-14-15-16-17-18-19-20-21-25-41-61-44-49(43-58-39-23-22-24-40-58)63-55(60)34-33-54(59)62-48-35-37-56(5)47(42-48)29-30-50-52-32-31-51(46(4)28-26-27-45(2)3)57(52,6)38-36-53(50)56/h11-12,14-15,29,45-46,48-53H,7-10,13,16-28,30-44H2,1-6H3/b12-11-,15-14-/t46-,48+,49?,50?,51-,52?,53?,56+,57-/m1/s1. The maximum absolute atomic E-state index is 13.2. The summed E-state index contributed by atoms with van der Waals surface area (Å²) in [5.74, 6) is 4.36. The predicted octanol–water partition coefficient (Wildman–Crippen LogP) is 14.9. The molecule has 4 unspecified atom stereocenters. The van der Waals surface area contributed by atoms with Crippen molar-refractivity contribution in [3.05, 3.63) is 36.0 Å². The minimum atomic E-state index is -0.313. The molecule has 0 aromatic carbocycles. The van der Waals surface area contributed by atoms with E-state index in [-0.39, 0.29) is 42.4 Å². The number of nitrogens with zero attached hydrogens (tertiary/aromatic N) is 1. The molecule has 1 heterocycles. The van der Waals surface area contributed by atoms with Gasteiger partial charge in [0.25, 0.3) is 0 Å². The Kier molecular flexibility index (Phi) is 22.9. The number of hydrogen-bond donors (Lipinski definition) is 0. The van der Waals surface area contributed by atoms with E-state index >= 15 is 0 Å². The lowest BCUT2D eigenvalue weighted by Gasteiger charge is -2.58. The number of piperidine rings is 1. The second-order valence-electron chi connectivity index (χ2n) is 22.3. The highest BCUT2D eigenvalue weighted by molar-refractivity contribution is 5.77. The molecule has 4 fully saturated rings. The minimum absolute atomic E-state index is 0.0652. The molecule has 0 bridgehead atoms. The van der Waals surface area contributed by atoms with Crippen molar-refractivity contribution in [2.45, 2.75) is 234 Å². The van der Waals surface area contributed by atoms with Crippen LogP contribution in [0.15, 0.2) is 36.0 Å². The number of ether oxygens (including phenoxy) is 3. The average molecular weight is 876 g/mol. The lowest BCUT2D eigenvalue weighted by atomic mass is 9.47. The molecule has 0 radical (unpaired) electrons. The zero-order valence-electron chi connectivity index (χ0n) is 41.8. The molecule has 5 aliphatic rings. The molecule has 0 N–H and O–H groups in total. The number of esters is 2. The first-order valence-corrected chi connectivity index (χ1v) is 27.2. The molecule has 0 amide bonds. The largest absolute Gasteiger partial charge is 0.462 e. The molecule has 1 saturated heterocycles. The van der Waals surface area contributed by atoms with Gasteiger partial charge < -0.3 is 14.2 Å². The first kappa shape index (κ1) is 52.1. The molecule has 5 rings (SSSR count). The molecule has 4 aliphatic carbocycles. The lowest BCUT2D eigenvalue weighted by Crippen LogP contribution is -2.51. The molecule has 0 spiro atoms. The minimum Gasteiger partial charge on any atom is -0.462 e. The molecule has 6 heteroatoms. The third-order valence-electron chi connectivity index (χ3n) is 17.1. The second-order valence-corrected chi connectivity index (χ2v) is 22.3. The SMILES string of the molecule is CCCCC/C=C\C/C=C\CCCCCCCCOCC(CN1CCCCC1)OC(=O)CCC(=O)O[C@H]1CC[C@@]2(C)C(=CCC3C2CC[C@@]2(C)C3CC[C@@H]2[C@H](C)CCCC(C)C)C1. The van der Waals surface area contributed by atoms with Gasteiger partial charge in [0.15, 0.2) is 0 Å². The number of carbonyl (C=O) groups excluding carboxylic acids is 2. The van der Waals surface area contributed by atoms with Crippen LogP contribution in [0.25, 0.3) is 0 Å². The van der Waals surface area contributed by atoms with Crippen LogP contribution in [0, 0.1) is 46.3 Å². The first-order chi connectivity index (χ1) is 30.5. The van der Waals surface area contributed by atoms with Crippen LogP contribution < -0.4 is 0 Å². The number of carbonyl (C=O) groups is 2. The van der Waals surface area contributed by atoms with Gasteiger partial charge in [0.1, 0.15) is 12.2 Å². The van der Waals surface area contributed by atoms with Crippen LogP contribution in [0.3, 0.4) is 0 Å². The summed E-state index contributed by atoms with van der Waals surface area (Å²) >= 11 is 0. The van der Waals surface area contributed by atoms with Gasteiger partial charge in [-0.3, -0.25) is 14.5 Å². The lowest BCUT2D eigenvalue weighted by molar-refractivity contribution is -0.159. The van der Waals surface area contributed by atoms with E-state index in [0.29, 0.717) is 25.2 Å². The third kappa shape index (κ3) is 16.4. The maximum atomic E-state index is 13.2. The van der Waals surface area contributed by atoms with Gasteiger partial charge in [0.05, 0.1) is 19.4 Å². The van der Waals surface area contributed by atoms with Crippen molar-refractivity contribution in [2.24, 2.45) is 46.3 Å². The van der Waals surface area contributed by atoms with E-state index < -0.39 is 0 Å². The smallest absolute Gasteiger partial charge is 0.306 e. The van der Waals surface area contributed by atoms with Crippen molar-refractivity contribution in [1.29, 1.82) is 0 Å². The summed E-state index contributed by atoms with van der Waals surface area (Å²) in [5.41, 5.74) is 2.27. The second kappa shape index (κ2) is 27.7. The van der Waals surface area contributed by atoms with Crippen LogP contribution in [0.4, 0.5) is 0 Å². The summed E-state index contributed by atoms with van der Waals surface area (Å²) in [4.78, 5) is 28.8. The monoisotopic (exact) mass is 876 g/mol. The number of fused-ring (bicyclic) bond motifs is 5. The number of hydrogen-bond acceptors (Lipinski definition) is 6. The Hall–Kier alpha value is -1.92. The summed E-state index contributed by atoms with van der Waals surface area (Å²) in [6.07, 6.45) is 43.8. The van der Waals surface area contributed by atoms with Crippen molar-refractivity contribution >= 4 is 11.9 Å². The van der Waals surface area contributed by atoms with Crippen molar-refractivity contribution in [3.8, 4) is 0 Å². The van der Waals surface area contributed by atoms with E-state index in [1.165, 1.54) is 135 Å². The van der Waals surface area contributed by atoms with Gasteiger partial charge in [-0.15, -0.1) is 0 Å². The van der Waals surface area contributed by atoms with Crippen LogP contribution in [-0.4, -0.2) is 61.9 Å². The van der Waals surface area contributed by atoms with Gasteiger partial charge in [-0.1, -0.05) is 142 Å². The molecule has 6 nitrogen and oxygen atoms in total. The Morgan fingerprint density at radius 2 is 1.49 bits per heavy atom. The Morgan fingerprint density at radius 1 is 0.778 bits per heavy atom. The number of unbranched alkanes of at least 4 members (excludes halogenated alkanes) is 9. The Labute approximate surface area is 388 Å². The van der Waals surface area contributed by atoms with Gasteiger partial charge in [0.2, 0.25) is 0 Å². The van der Waals surface area contributed by atoms with Gasteiger partial charge >= 0.3 is 11.9 Å². The fourth-order valence-electron chi connectivity index (χ4n) is 13.4. The van der Waals surface area contributed by atoms with E-state index in [0.717, 1.165) is 80.7 Å². The van der Waals surface area contributed by atoms with Gasteiger partial charge in [-0.2, -0.15) is 0 Å². The van der Waals surface area contributed by atoms with Gasteiger partial charge in [-0.25, -0.2) is 0 Å². The first-order valence-electron chi connectivity index (χ1n) is 27.2. The molecule has 3 saturated carbocycles. The van der Waals surface area contributed by atoms with E-state index in [1.54, 1.807) is 5.57 Å². The predicted molar refractivity (Wildman–Crippen MR) is 263 cm³/mol. The molecule has 0 aromatic heterocycles.